The number of fused-ring (bicyclic) bond motifs is 1. The van der Waals surface area contributed by atoms with E-state index in [-0.39, 0.29) is 5.91 Å². The third-order valence-electron chi connectivity index (χ3n) is 4.63. The molecule has 4 nitrogen and oxygen atoms in total. The lowest BCUT2D eigenvalue weighted by atomic mass is 10.0. The van der Waals surface area contributed by atoms with E-state index in [4.69, 9.17) is 0 Å². The van der Waals surface area contributed by atoms with E-state index < -0.39 is 0 Å². The van der Waals surface area contributed by atoms with E-state index in [1.807, 2.05) is 0 Å². The van der Waals surface area contributed by atoms with Crippen LogP contribution in [0.4, 0.5) is 11.4 Å². The molecular formula is C20H27N3O. The first-order valence-corrected chi connectivity index (χ1v) is 8.74. The highest BCUT2D eigenvalue weighted by Gasteiger charge is 2.18. The number of amides is 1. The maximum atomic E-state index is 12.1. The molecule has 4 heteroatoms. The number of nitrogens with zero attached hydrogens (tertiary/aromatic N) is 2. The minimum atomic E-state index is 0.0970. The molecule has 1 aromatic heterocycles. The van der Waals surface area contributed by atoms with Gasteiger partial charge in [0.1, 0.15) is 0 Å². The molecule has 0 fully saturated rings. The summed E-state index contributed by atoms with van der Waals surface area (Å²) in [5.41, 5.74) is 5.81. The van der Waals surface area contributed by atoms with Gasteiger partial charge < -0.3 is 14.8 Å². The Morgan fingerprint density at radius 3 is 2.58 bits per heavy atom. The van der Waals surface area contributed by atoms with Crippen molar-refractivity contribution in [2.45, 2.75) is 47.2 Å². The molecule has 0 aliphatic carbocycles. The smallest absolute Gasteiger partial charge is 0.224 e. The third-order valence-corrected chi connectivity index (χ3v) is 4.63. The van der Waals surface area contributed by atoms with Crippen molar-refractivity contribution in [2.24, 2.45) is 5.92 Å². The molecule has 2 aromatic rings. The summed E-state index contributed by atoms with van der Waals surface area (Å²) >= 11 is 0. The average molecular weight is 325 g/mol. The number of anilines is 2. The predicted molar refractivity (Wildman–Crippen MR) is 99.5 cm³/mol. The van der Waals surface area contributed by atoms with E-state index in [1.54, 1.807) is 0 Å². The SMILES string of the molecule is Cc1cc(N2CCn3cccc3C2)cc(C)c1NC(=O)CC(C)C. The maximum absolute atomic E-state index is 12.1. The molecule has 24 heavy (non-hydrogen) atoms. The van der Waals surface area contributed by atoms with Gasteiger partial charge in [-0.25, -0.2) is 0 Å². The molecule has 0 bridgehead atoms. The highest BCUT2D eigenvalue weighted by Crippen LogP contribution is 2.29. The van der Waals surface area contributed by atoms with E-state index in [9.17, 15) is 4.79 Å². The quantitative estimate of drug-likeness (QED) is 0.918. The van der Waals surface area contributed by atoms with Crippen molar-refractivity contribution >= 4 is 17.3 Å². The number of nitrogens with one attached hydrogen (secondary N) is 1. The van der Waals surface area contributed by atoms with Crippen LogP contribution >= 0.6 is 0 Å². The first kappa shape index (κ1) is 16.6. The van der Waals surface area contributed by atoms with E-state index in [2.05, 4.69) is 72.9 Å². The van der Waals surface area contributed by atoms with Gasteiger partial charge in [-0.1, -0.05) is 13.8 Å². The summed E-state index contributed by atoms with van der Waals surface area (Å²) in [4.78, 5) is 14.5. The van der Waals surface area contributed by atoms with Gasteiger partial charge in [-0.15, -0.1) is 0 Å². The van der Waals surface area contributed by atoms with Crippen molar-refractivity contribution in [2.75, 3.05) is 16.8 Å². The fourth-order valence-corrected chi connectivity index (χ4v) is 3.42. The fraction of sp³-hybridized carbons (Fsp3) is 0.450. The Labute approximate surface area is 144 Å². The van der Waals surface area contributed by atoms with Gasteiger partial charge in [0.05, 0.1) is 6.54 Å². The monoisotopic (exact) mass is 325 g/mol. The molecule has 3 rings (SSSR count). The van der Waals surface area contributed by atoms with Gasteiger partial charge >= 0.3 is 0 Å². The number of aryl methyl sites for hydroxylation is 2. The van der Waals surface area contributed by atoms with Gasteiger partial charge in [-0.3, -0.25) is 4.79 Å². The molecule has 1 aromatic carbocycles. The molecule has 2 heterocycles. The van der Waals surface area contributed by atoms with E-state index in [0.29, 0.717) is 12.3 Å². The van der Waals surface area contributed by atoms with Crippen LogP contribution in [0.5, 0.6) is 0 Å². The normalized spacial score (nSPS) is 14.0. The summed E-state index contributed by atoms with van der Waals surface area (Å²) in [6, 6.07) is 8.68. The summed E-state index contributed by atoms with van der Waals surface area (Å²) in [7, 11) is 0. The van der Waals surface area contributed by atoms with Crippen molar-refractivity contribution in [3.63, 3.8) is 0 Å². The Hall–Kier alpha value is -2.23. The third kappa shape index (κ3) is 3.48. The van der Waals surface area contributed by atoms with Crippen LogP contribution in [0, 0.1) is 19.8 Å². The number of hydrogen-bond donors (Lipinski definition) is 1. The van der Waals surface area contributed by atoms with Crippen LogP contribution in [0.1, 0.15) is 37.1 Å². The lowest BCUT2D eigenvalue weighted by molar-refractivity contribution is -0.116. The molecule has 0 saturated heterocycles. The number of carbonyl (C=O) groups is 1. The Balaban J connectivity index is 1.79. The van der Waals surface area contributed by atoms with Gasteiger partial charge in [0.2, 0.25) is 5.91 Å². The zero-order valence-electron chi connectivity index (χ0n) is 15.1. The van der Waals surface area contributed by atoms with Crippen molar-refractivity contribution in [3.05, 3.63) is 47.3 Å². The Bertz CT molecular complexity index is 722. The van der Waals surface area contributed by atoms with Crippen LogP contribution in [0.15, 0.2) is 30.5 Å². The van der Waals surface area contributed by atoms with E-state index >= 15 is 0 Å². The highest BCUT2D eigenvalue weighted by atomic mass is 16.1. The lowest BCUT2D eigenvalue weighted by Crippen LogP contribution is -2.33. The largest absolute Gasteiger partial charge is 0.364 e. The van der Waals surface area contributed by atoms with Gasteiger partial charge in [0.15, 0.2) is 0 Å². The molecule has 1 amide bonds. The second kappa shape index (κ2) is 6.71. The lowest BCUT2D eigenvalue weighted by Gasteiger charge is -2.31. The molecule has 0 spiro atoms. The topological polar surface area (TPSA) is 37.3 Å². The van der Waals surface area contributed by atoms with Crippen LogP contribution in [-0.4, -0.2) is 17.0 Å². The number of carbonyl (C=O) groups excluding carboxylic acids is 1. The summed E-state index contributed by atoms with van der Waals surface area (Å²) in [6.07, 6.45) is 2.71. The van der Waals surface area contributed by atoms with Gasteiger partial charge in [0.25, 0.3) is 0 Å². The molecule has 128 valence electrons. The van der Waals surface area contributed by atoms with Crippen molar-refractivity contribution in [1.29, 1.82) is 0 Å². The average Bonchev–Trinajstić information content (AvgIpc) is 2.97. The number of rotatable bonds is 4. The Morgan fingerprint density at radius 2 is 1.92 bits per heavy atom. The molecule has 1 aliphatic heterocycles. The van der Waals surface area contributed by atoms with Gasteiger partial charge in [-0.2, -0.15) is 0 Å². The minimum Gasteiger partial charge on any atom is -0.364 e. The number of benzene rings is 1. The summed E-state index contributed by atoms with van der Waals surface area (Å²) in [5, 5.41) is 3.09. The van der Waals surface area contributed by atoms with E-state index in [0.717, 1.165) is 36.4 Å². The van der Waals surface area contributed by atoms with Crippen LogP contribution in [0.3, 0.4) is 0 Å². The first-order chi connectivity index (χ1) is 11.4. The maximum Gasteiger partial charge on any atom is 0.224 e. The summed E-state index contributed by atoms with van der Waals surface area (Å²) < 4.78 is 2.32. The van der Waals surface area contributed by atoms with Crippen LogP contribution < -0.4 is 10.2 Å². The molecule has 0 radical (unpaired) electrons. The van der Waals surface area contributed by atoms with Crippen LogP contribution in [-0.2, 0) is 17.9 Å². The Morgan fingerprint density at radius 1 is 1.21 bits per heavy atom. The zero-order chi connectivity index (χ0) is 17.3. The molecule has 1 aliphatic rings. The number of aromatic nitrogens is 1. The Kier molecular flexibility index (Phi) is 4.65. The van der Waals surface area contributed by atoms with Gasteiger partial charge in [-0.05, 0) is 55.2 Å². The summed E-state index contributed by atoms with van der Waals surface area (Å²) in [6.45, 7) is 11.3. The fourth-order valence-electron chi connectivity index (χ4n) is 3.42. The minimum absolute atomic E-state index is 0.0970. The summed E-state index contributed by atoms with van der Waals surface area (Å²) in [5.74, 6) is 0.467. The van der Waals surface area contributed by atoms with Crippen molar-refractivity contribution in [1.82, 2.24) is 4.57 Å². The number of hydrogen-bond acceptors (Lipinski definition) is 2. The van der Waals surface area contributed by atoms with Crippen LogP contribution in [0.25, 0.3) is 0 Å². The standard InChI is InChI=1S/C20H27N3O/c1-14(2)10-19(24)21-20-15(3)11-18(12-16(20)4)23-9-8-22-7-5-6-17(22)13-23/h5-7,11-12,14H,8-10,13H2,1-4H3,(H,21,24). The second-order valence-corrected chi connectivity index (χ2v) is 7.22. The molecule has 1 N–H and O–H groups in total. The first-order valence-electron chi connectivity index (χ1n) is 8.74. The molecule has 0 unspecified atom stereocenters. The van der Waals surface area contributed by atoms with Crippen LogP contribution in [0.2, 0.25) is 0 Å². The highest BCUT2D eigenvalue weighted by molar-refractivity contribution is 5.92. The molecular weight excluding hydrogens is 298 g/mol. The second-order valence-electron chi connectivity index (χ2n) is 7.22. The van der Waals surface area contributed by atoms with E-state index in [1.165, 1.54) is 11.4 Å². The molecule has 0 atom stereocenters. The molecule has 0 saturated carbocycles. The van der Waals surface area contributed by atoms with Gasteiger partial charge in [0, 0.05) is 42.8 Å². The van der Waals surface area contributed by atoms with Crippen molar-refractivity contribution < 1.29 is 4.79 Å². The zero-order valence-corrected chi connectivity index (χ0v) is 15.1. The van der Waals surface area contributed by atoms with Crippen molar-refractivity contribution in [3.8, 4) is 0 Å². The predicted octanol–water partition coefficient (Wildman–Crippen LogP) is 4.11.